The fourth-order valence-electron chi connectivity index (χ4n) is 4.02. The molecule has 0 spiro atoms. The molecule has 40 heavy (non-hydrogen) atoms. The summed E-state index contributed by atoms with van der Waals surface area (Å²) >= 11 is 3.46. The van der Waals surface area contributed by atoms with Gasteiger partial charge in [0.05, 0.1) is 32.2 Å². The Labute approximate surface area is 246 Å². The quantitative estimate of drug-likeness (QED) is 0.108. The molecule has 0 bridgehead atoms. The van der Waals surface area contributed by atoms with Crippen LogP contribution in [0.15, 0.2) is 42.5 Å². The Bertz CT molecular complexity index is 1040. The zero-order valence-corrected chi connectivity index (χ0v) is 25.7. The second-order valence-electron chi connectivity index (χ2n) is 8.93. The second kappa shape index (κ2) is 19.0. The van der Waals surface area contributed by atoms with E-state index in [0.717, 1.165) is 36.0 Å². The summed E-state index contributed by atoms with van der Waals surface area (Å²) in [6.07, 6.45) is 4.42. The van der Waals surface area contributed by atoms with Crippen LogP contribution in [0.3, 0.4) is 0 Å². The van der Waals surface area contributed by atoms with Crippen LogP contribution in [0.25, 0.3) is 0 Å². The molecule has 2 aromatic rings. The van der Waals surface area contributed by atoms with Gasteiger partial charge in [-0.15, -0.1) is 0 Å². The monoisotopic (exact) mass is 622 g/mol. The van der Waals surface area contributed by atoms with E-state index in [-0.39, 0.29) is 38.2 Å². The number of hydrogen-bond donors (Lipinski definition) is 0. The number of unbranched alkanes of at least 4 members (excludes halogenated alkanes) is 3. The van der Waals surface area contributed by atoms with Crippen LogP contribution in [0, 0.1) is 0 Å². The number of nitrogens with zero attached hydrogens (tertiary/aromatic N) is 2. The number of hydrogen-bond acceptors (Lipinski definition) is 9. The van der Waals surface area contributed by atoms with Crippen molar-refractivity contribution in [1.29, 1.82) is 0 Å². The Morgan fingerprint density at radius 1 is 0.700 bits per heavy atom. The number of rotatable bonds is 20. The summed E-state index contributed by atoms with van der Waals surface area (Å²) in [5.74, 6) is 1.31. The van der Waals surface area contributed by atoms with Crippen molar-refractivity contribution in [3.63, 3.8) is 0 Å². The van der Waals surface area contributed by atoms with Crippen LogP contribution in [-0.4, -0.2) is 77.5 Å². The number of halogens is 1. The van der Waals surface area contributed by atoms with E-state index < -0.39 is 0 Å². The first-order valence-electron chi connectivity index (χ1n) is 13.8. The van der Waals surface area contributed by atoms with Crippen molar-refractivity contribution in [3.8, 4) is 17.2 Å². The number of likely N-dealkylation sites (N-methyl/N-ethyl adjacent to an activating group) is 2. The van der Waals surface area contributed by atoms with Gasteiger partial charge in [0.15, 0.2) is 0 Å². The maximum Gasteiger partial charge on any atom is 0.325 e. The van der Waals surface area contributed by atoms with Crippen LogP contribution in [0.5, 0.6) is 17.2 Å². The summed E-state index contributed by atoms with van der Waals surface area (Å²) in [4.78, 5) is 27.7. The lowest BCUT2D eigenvalue weighted by atomic mass is 10.2. The van der Waals surface area contributed by atoms with Crippen LogP contribution < -0.4 is 24.0 Å². The fraction of sp³-hybridized carbons (Fsp3) is 0.533. The molecule has 222 valence electrons. The normalized spacial score (nSPS) is 10.5. The predicted molar refractivity (Wildman–Crippen MR) is 161 cm³/mol. The lowest BCUT2D eigenvalue weighted by molar-refractivity contribution is -0.139. The van der Waals surface area contributed by atoms with E-state index in [1.54, 1.807) is 0 Å². The molecule has 10 heteroatoms. The standard InChI is InChI=1S/C30H43BrN2O7/c1-5-32(22-29(34)36-3)25-13-9-10-14-27(25)39-19-20-40-28-21-24(38-18-12-8-7-11-17-31)15-16-26(28)33(6-2)23-30(35)37-4/h9-10,13-16,21H,5-8,11-12,17-20,22-23H2,1-4H3. The van der Waals surface area contributed by atoms with Gasteiger partial charge in [-0.05, 0) is 51.0 Å². The highest BCUT2D eigenvalue weighted by Crippen LogP contribution is 2.33. The molecule has 0 fully saturated rings. The molecule has 0 amide bonds. The molecule has 0 heterocycles. The van der Waals surface area contributed by atoms with Crippen LogP contribution in [-0.2, 0) is 19.1 Å². The minimum absolute atomic E-state index is 0.105. The maximum atomic E-state index is 12.0. The molecule has 0 N–H and O–H groups in total. The zero-order chi connectivity index (χ0) is 29.2. The molecule has 9 nitrogen and oxygen atoms in total. The van der Waals surface area contributed by atoms with Crippen molar-refractivity contribution >= 4 is 39.2 Å². The van der Waals surface area contributed by atoms with Gasteiger partial charge in [0.2, 0.25) is 0 Å². The number of benzene rings is 2. The van der Waals surface area contributed by atoms with Crippen molar-refractivity contribution in [2.45, 2.75) is 39.5 Å². The highest BCUT2D eigenvalue weighted by molar-refractivity contribution is 9.09. The van der Waals surface area contributed by atoms with Crippen LogP contribution in [0.2, 0.25) is 0 Å². The van der Waals surface area contributed by atoms with E-state index in [4.69, 9.17) is 23.7 Å². The number of esters is 2. The van der Waals surface area contributed by atoms with E-state index >= 15 is 0 Å². The molecular weight excluding hydrogens is 580 g/mol. The van der Waals surface area contributed by atoms with Crippen molar-refractivity contribution < 1.29 is 33.3 Å². The van der Waals surface area contributed by atoms with Crippen LogP contribution in [0.1, 0.15) is 39.5 Å². The van der Waals surface area contributed by atoms with E-state index in [9.17, 15) is 9.59 Å². The van der Waals surface area contributed by atoms with E-state index in [1.807, 2.05) is 66.1 Å². The van der Waals surface area contributed by atoms with Crippen LogP contribution >= 0.6 is 15.9 Å². The fourth-order valence-corrected chi connectivity index (χ4v) is 4.42. The number of alkyl halides is 1. The molecule has 2 aromatic carbocycles. The number of ether oxygens (including phenoxy) is 5. The van der Waals surface area contributed by atoms with Gasteiger partial charge in [-0.25, -0.2) is 0 Å². The molecule has 0 aliphatic carbocycles. The summed E-state index contributed by atoms with van der Waals surface area (Å²) in [5.41, 5.74) is 1.58. The molecular formula is C30H43BrN2O7. The molecule has 0 radical (unpaired) electrons. The summed E-state index contributed by atoms with van der Waals surface area (Å²) < 4.78 is 27.9. The van der Waals surface area contributed by atoms with Gasteiger partial charge in [0.25, 0.3) is 0 Å². The summed E-state index contributed by atoms with van der Waals surface area (Å²) in [6, 6.07) is 13.2. The molecule has 0 aliphatic heterocycles. The molecule has 0 unspecified atom stereocenters. The third-order valence-corrected chi connectivity index (χ3v) is 6.79. The summed E-state index contributed by atoms with van der Waals surface area (Å²) in [5, 5.41) is 1.02. The topological polar surface area (TPSA) is 86.8 Å². The van der Waals surface area contributed by atoms with Gasteiger partial charge in [-0.2, -0.15) is 0 Å². The zero-order valence-electron chi connectivity index (χ0n) is 24.2. The Kier molecular flexibility index (Phi) is 15.7. The van der Waals surface area contributed by atoms with Crippen molar-refractivity contribution in [3.05, 3.63) is 42.5 Å². The first kappa shape index (κ1) is 33.1. The van der Waals surface area contributed by atoms with Gasteiger partial charge in [-0.3, -0.25) is 9.59 Å². The highest BCUT2D eigenvalue weighted by Gasteiger charge is 2.17. The number of methoxy groups -OCH3 is 2. The number of para-hydroxylation sites is 2. The van der Waals surface area contributed by atoms with Crippen molar-refractivity contribution in [2.75, 3.05) is 75.3 Å². The molecule has 0 aromatic heterocycles. The molecule has 0 saturated heterocycles. The van der Waals surface area contributed by atoms with Gasteiger partial charge < -0.3 is 33.5 Å². The minimum atomic E-state index is -0.330. The second-order valence-corrected chi connectivity index (χ2v) is 9.72. The average molecular weight is 624 g/mol. The van der Waals surface area contributed by atoms with E-state index in [2.05, 4.69) is 15.9 Å². The van der Waals surface area contributed by atoms with Gasteiger partial charge >= 0.3 is 11.9 Å². The largest absolute Gasteiger partial charge is 0.493 e. The van der Waals surface area contributed by atoms with Gasteiger partial charge in [-0.1, -0.05) is 40.9 Å². The molecule has 2 rings (SSSR count). The minimum Gasteiger partial charge on any atom is -0.493 e. The summed E-state index contributed by atoms with van der Waals surface area (Å²) in [6.45, 7) is 6.54. The van der Waals surface area contributed by atoms with Crippen molar-refractivity contribution in [2.24, 2.45) is 0 Å². The van der Waals surface area contributed by atoms with Gasteiger partial charge in [0, 0.05) is 24.5 Å². The van der Waals surface area contributed by atoms with Gasteiger partial charge in [0.1, 0.15) is 43.6 Å². The third-order valence-electron chi connectivity index (χ3n) is 6.23. The predicted octanol–water partition coefficient (Wildman–Crippen LogP) is 5.48. The first-order chi connectivity index (χ1) is 19.5. The molecule has 0 saturated carbocycles. The number of carbonyl (C=O) groups excluding carboxylic acids is 2. The third kappa shape index (κ3) is 11.2. The number of anilines is 2. The number of carbonyl (C=O) groups is 2. The Balaban J connectivity index is 2.10. The Morgan fingerprint density at radius 3 is 1.88 bits per heavy atom. The SMILES string of the molecule is CCN(CC(=O)OC)c1ccccc1OCCOc1cc(OCCCCCCBr)ccc1N(CC)CC(=O)OC. The van der Waals surface area contributed by atoms with Crippen LogP contribution in [0.4, 0.5) is 11.4 Å². The van der Waals surface area contributed by atoms with E-state index in [1.165, 1.54) is 20.6 Å². The Morgan fingerprint density at radius 2 is 1.27 bits per heavy atom. The summed E-state index contributed by atoms with van der Waals surface area (Å²) in [7, 11) is 2.75. The highest BCUT2D eigenvalue weighted by atomic mass is 79.9. The average Bonchev–Trinajstić information content (AvgIpc) is 2.98. The maximum absolute atomic E-state index is 12.0. The molecule has 0 aliphatic rings. The Hall–Kier alpha value is -3.14. The first-order valence-corrected chi connectivity index (χ1v) is 14.9. The molecule has 0 atom stereocenters. The van der Waals surface area contributed by atoms with Crippen molar-refractivity contribution in [1.82, 2.24) is 0 Å². The smallest absolute Gasteiger partial charge is 0.325 e. The lowest BCUT2D eigenvalue weighted by Crippen LogP contribution is -2.31. The van der Waals surface area contributed by atoms with E-state index in [0.29, 0.717) is 36.9 Å². The lowest BCUT2D eigenvalue weighted by Gasteiger charge is -2.25.